The summed E-state index contributed by atoms with van der Waals surface area (Å²) in [5.41, 5.74) is 4.27. The summed E-state index contributed by atoms with van der Waals surface area (Å²) in [4.78, 5) is 23.2. The molecule has 10 nitrogen and oxygen atoms in total. The summed E-state index contributed by atoms with van der Waals surface area (Å²) in [6.45, 7) is 3.81. The SMILES string of the molecule is CCOC/C(C(N)=O)=C(\Cl)C(=N)C(=O)N/C(=N/N)N(N)CC. The summed E-state index contributed by atoms with van der Waals surface area (Å²) in [7, 11) is 0. The van der Waals surface area contributed by atoms with Gasteiger partial charge in [0, 0.05) is 13.2 Å². The van der Waals surface area contributed by atoms with Gasteiger partial charge >= 0.3 is 0 Å². The minimum atomic E-state index is -0.951. The Labute approximate surface area is 132 Å². The van der Waals surface area contributed by atoms with Crippen LogP contribution in [0.25, 0.3) is 0 Å². The third-order valence-corrected chi connectivity index (χ3v) is 2.84. The largest absolute Gasteiger partial charge is 0.377 e. The van der Waals surface area contributed by atoms with Crippen LogP contribution in [-0.2, 0) is 14.3 Å². The molecule has 0 bridgehead atoms. The number of rotatable bonds is 7. The molecule has 0 spiro atoms. The molecule has 0 rings (SSSR count). The lowest BCUT2D eigenvalue weighted by Crippen LogP contribution is -2.50. The quantitative estimate of drug-likeness (QED) is 0.125. The van der Waals surface area contributed by atoms with Crippen molar-refractivity contribution >= 4 is 35.1 Å². The van der Waals surface area contributed by atoms with Crippen LogP contribution >= 0.6 is 11.6 Å². The normalized spacial score (nSPS) is 12.5. The molecule has 0 atom stereocenters. The molecule has 0 fully saturated rings. The third-order valence-electron chi connectivity index (χ3n) is 2.42. The Balaban J connectivity index is 5.21. The van der Waals surface area contributed by atoms with Crippen LogP contribution in [0.2, 0.25) is 0 Å². The number of hydrazine groups is 1. The molecule has 0 aromatic heterocycles. The summed E-state index contributed by atoms with van der Waals surface area (Å²) < 4.78 is 5.02. The Morgan fingerprint density at radius 2 is 2.00 bits per heavy atom. The van der Waals surface area contributed by atoms with Gasteiger partial charge in [0.1, 0.15) is 5.71 Å². The number of guanidine groups is 1. The molecular weight excluding hydrogens is 314 g/mol. The van der Waals surface area contributed by atoms with E-state index in [9.17, 15) is 9.59 Å². The molecule has 0 aromatic carbocycles. The second-order valence-corrected chi connectivity index (χ2v) is 4.24. The third kappa shape index (κ3) is 5.68. The molecule has 0 aliphatic rings. The number of nitrogens with one attached hydrogen (secondary N) is 2. The molecule has 2 amide bonds. The average Bonchev–Trinajstić information content (AvgIpc) is 2.50. The number of carbonyl (C=O) groups is 2. The number of amides is 2. The molecule has 0 aliphatic carbocycles. The zero-order chi connectivity index (χ0) is 17.3. The first-order chi connectivity index (χ1) is 10.3. The molecule has 0 radical (unpaired) electrons. The summed E-state index contributed by atoms with van der Waals surface area (Å²) in [5, 5.41) is 13.8. The van der Waals surface area contributed by atoms with Crippen LogP contribution in [0.1, 0.15) is 13.8 Å². The summed E-state index contributed by atoms with van der Waals surface area (Å²) in [6, 6.07) is 0. The fraction of sp³-hybridized carbons (Fsp3) is 0.455. The highest BCUT2D eigenvalue weighted by Crippen LogP contribution is 2.12. The van der Waals surface area contributed by atoms with Gasteiger partial charge in [-0.2, -0.15) is 0 Å². The lowest BCUT2D eigenvalue weighted by molar-refractivity contribution is -0.115. The first kappa shape index (κ1) is 19.8. The van der Waals surface area contributed by atoms with Crippen LogP contribution in [0, 0.1) is 5.41 Å². The highest BCUT2D eigenvalue weighted by Gasteiger charge is 2.22. The fourth-order valence-corrected chi connectivity index (χ4v) is 1.42. The van der Waals surface area contributed by atoms with Gasteiger partial charge in [0.2, 0.25) is 11.9 Å². The predicted octanol–water partition coefficient (Wildman–Crippen LogP) is -1.44. The molecule has 0 saturated heterocycles. The van der Waals surface area contributed by atoms with Gasteiger partial charge in [0.15, 0.2) is 0 Å². The predicted molar refractivity (Wildman–Crippen MR) is 82.6 cm³/mol. The van der Waals surface area contributed by atoms with E-state index in [0.717, 1.165) is 5.01 Å². The van der Waals surface area contributed by atoms with Crippen LogP contribution in [0.5, 0.6) is 0 Å². The molecule has 0 unspecified atom stereocenters. The fourth-order valence-electron chi connectivity index (χ4n) is 1.19. The number of halogens is 1. The van der Waals surface area contributed by atoms with Crippen LogP contribution in [0.15, 0.2) is 15.7 Å². The lowest BCUT2D eigenvalue weighted by Gasteiger charge is -2.18. The summed E-state index contributed by atoms with van der Waals surface area (Å²) in [6.07, 6.45) is 0. The van der Waals surface area contributed by atoms with E-state index in [2.05, 4.69) is 10.4 Å². The topological polar surface area (TPSA) is 173 Å². The standard InChI is InChI=1S/C11H20ClN7O3/c1-3-19(16)11(18-15)17-10(21)8(13)7(12)6(9(14)20)5-22-4-2/h13H,3-5,15-16H2,1-2H3,(H2,14,20)(H,17,18,21)/b7-6+,13-8?. The Morgan fingerprint density at radius 3 is 2.41 bits per heavy atom. The molecule has 0 aliphatic heterocycles. The highest BCUT2D eigenvalue weighted by atomic mass is 35.5. The van der Waals surface area contributed by atoms with Crippen molar-refractivity contribution in [3.05, 3.63) is 10.6 Å². The second kappa shape index (κ2) is 9.71. The van der Waals surface area contributed by atoms with Gasteiger partial charge in [-0.3, -0.25) is 25.3 Å². The summed E-state index contributed by atoms with van der Waals surface area (Å²) >= 11 is 5.86. The number of hydrogen-bond acceptors (Lipinski definition) is 7. The van der Waals surface area contributed by atoms with Crippen LogP contribution in [-0.4, -0.2) is 48.3 Å². The van der Waals surface area contributed by atoms with Crippen molar-refractivity contribution in [1.29, 1.82) is 5.41 Å². The zero-order valence-electron chi connectivity index (χ0n) is 12.4. The molecule has 0 saturated carbocycles. The molecule has 124 valence electrons. The monoisotopic (exact) mass is 333 g/mol. The Kier molecular flexibility index (Phi) is 8.75. The Hall–Kier alpha value is -2.17. The molecular formula is C11H20ClN7O3. The zero-order valence-corrected chi connectivity index (χ0v) is 13.1. The van der Waals surface area contributed by atoms with Crippen molar-refractivity contribution in [2.45, 2.75) is 13.8 Å². The van der Waals surface area contributed by atoms with E-state index in [-0.39, 0.29) is 18.1 Å². The Morgan fingerprint density at radius 1 is 1.41 bits per heavy atom. The highest BCUT2D eigenvalue weighted by molar-refractivity contribution is 6.60. The average molecular weight is 334 g/mol. The maximum absolute atomic E-state index is 11.9. The van der Waals surface area contributed by atoms with Crippen molar-refractivity contribution < 1.29 is 14.3 Å². The number of ether oxygens (including phenoxy) is 1. The first-order valence-electron chi connectivity index (χ1n) is 6.26. The molecule has 0 heterocycles. The van der Waals surface area contributed by atoms with Crippen LogP contribution < -0.4 is 22.7 Å². The minimum absolute atomic E-state index is 0.160. The molecule has 8 N–H and O–H groups in total. The first-order valence-corrected chi connectivity index (χ1v) is 6.64. The Bertz CT molecular complexity index is 504. The van der Waals surface area contributed by atoms with Gasteiger partial charge in [-0.25, -0.2) is 5.84 Å². The smallest absolute Gasteiger partial charge is 0.277 e. The molecule has 22 heavy (non-hydrogen) atoms. The number of primary amides is 1. The number of hydrogen-bond donors (Lipinski definition) is 5. The van der Waals surface area contributed by atoms with Crippen molar-refractivity contribution in [2.24, 2.45) is 22.5 Å². The van der Waals surface area contributed by atoms with Gasteiger partial charge in [-0.15, -0.1) is 5.10 Å². The van der Waals surface area contributed by atoms with Crippen molar-refractivity contribution in [2.75, 3.05) is 19.8 Å². The maximum atomic E-state index is 11.9. The van der Waals surface area contributed by atoms with E-state index in [1.54, 1.807) is 13.8 Å². The van der Waals surface area contributed by atoms with Gasteiger partial charge < -0.3 is 16.3 Å². The van der Waals surface area contributed by atoms with E-state index < -0.39 is 22.6 Å². The van der Waals surface area contributed by atoms with E-state index in [0.29, 0.717) is 13.2 Å². The van der Waals surface area contributed by atoms with Gasteiger partial charge in [-0.1, -0.05) is 11.6 Å². The number of hydrazone groups is 1. The number of nitrogens with zero attached hydrogens (tertiary/aromatic N) is 2. The van der Waals surface area contributed by atoms with Crippen molar-refractivity contribution in [3.63, 3.8) is 0 Å². The molecule has 11 heteroatoms. The van der Waals surface area contributed by atoms with Crippen LogP contribution in [0.3, 0.4) is 0 Å². The van der Waals surface area contributed by atoms with Gasteiger partial charge in [0.25, 0.3) is 5.91 Å². The second-order valence-electron chi connectivity index (χ2n) is 3.86. The van der Waals surface area contributed by atoms with Crippen molar-refractivity contribution in [3.8, 4) is 0 Å². The van der Waals surface area contributed by atoms with E-state index in [1.165, 1.54) is 0 Å². The van der Waals surface area contributed by atoms with Gasteiger partial charge in [-0.05, 0) is 13.8 Å². The van der Waals surface area contributed by atoms with Gasteiger partial charge in [0.05, 0.1) is 17.2 Å². The maximum Gasteiger partial charge on any atom is 0.277 e. The lowest BCUT2D eigenvalue weighted by atomic mass is 10.2. The van der Waals surface area contributed by atoms with E-state index >= 15 is 0 Å². The minimum Gasteiger partial charge on any atom is -0.377 e. The van der Waals surface area contributed by atoms with E-state index in [4.69, 9.17) is 39.2 Å². The van der Waals surface area contributed by atoms with Crippen molar-refractivity contribution in [1.82, 2.24) is 10.3 Å². The number of carbonyl (C=O) groups excluding carboxylic acids is 2. The van der Waals surface area contributed by atoms with Crippen LogP contribution in [0.4, 0.5) is 0 Å². The van der Waals surface area contributed by atoms with E-state index in [1.807, 2.05) is 0 Å². The molecule has 0 aromatic rings. The number of nitrogens with two attached hydrogens (primary N) is 3. The summed E-state index contributed by atoms with van der Waals surface area (Å²) in [5.74, 6) is 8.61.